The van der Waals surface area contributed by atoms with Gasteiger partial charge in [0, 0.05) is 25.9 Å². The average molecular weight is 407 g/mol. The Hall–Kier alpha value is -2.66. The number of rotatable bonds is 5. The molecule has 5 heteroatoms. The highest BCUT2D eigenvalue weighted by molar-refractivity contribution is 5.87. The quantitative estimate of drug-likeness (QED) is 0.829. The van der Waals surface area contributed by atoms with E-state index < -0.39 is 5.60 Å². The van der Waals surface area contributed by atoms with Gasteiger partial charge in [-0.2, -0.15) is 0 Å². The fourth-order valence-corrected chi connectivity index (χ4v) is 4.37. The summed E-state index contributed by atoms with van der Waals surface area (Å²) < 4.78 is 6.09. The third-order valence-corrected chi connectivity index (χ3v) is 6.39. The Bertz CT molecular complexity index is 920. The molecule has 1 aliphatic carbocycles. The van der Waals surface area contributed by atoms with Gasteiger partial charge < -0.3 is 15.0 Å². The third-order valence-electron chi connectivity index (χ3n) is 6.39. The lowest BCUT2D eigenvalue weighted by molar-refractivity contribution is -0.168. The number of benzene rings is 2. The highest BCUT2D eigenvalue weighted by atomic mass is 16.5. The molecule has 5 nitrogen and oxygen atoms in total. The van der Waals surface area contributed by atoms with Crippen molar-refractivity contribution in [2.24, 2.45) is 5.92 Å². The van der Waals surface area contributed by atoms with Gasteiger partial charge >= 0.3 is 0 Å². The highest BCUT2D eigenvalue weighted by Gasteiger charge is 2.45. The first-order valence-electron chi connectivity index (χ1n) is 10.8. The molecule has 4 rings (SSSR count). The number of ether oxygens (including phenoxy) is 1. The molecule has 1 saturated heterocycles. The van der Waals surface area contributed by atoms with Crippen LogP contribution < -0.4 is 5.32 Å². The van der Waals surface area contributed by atoms with Gasteiger partial charge in [-0.15, -0.1) is 0 Å². The molecule has 2 aromatic carbocycles. The van der Waals surface area contributed by atoms with Gasteiger partial charge in [0.2, 0.25) is 5.91 Å². The molecule has 1 aliphatic heterocycles. The minimum absolute atomic E-state index is 0.121. The Kier molecular flexibility index (Phi) is 5.91. The molecule has 1 atom stereocenters. The summed E-state index contributed by atoms with van der Waals surface area (Å²) in [6.07, 6.45) is 3.47. The molecular formula is C25H30N2O3. The second-order valence-electron chi connectivity index (χ2n) is 8.55. The van der Waals surface area contributed by atoms with Crippen molar-refractivity contribution in [1.29, 1.82) is 0 Å². The molecule has 158 valence electrons. The second kappa shape index (κ2) is 8.60. The number of likely N-dealkylation sites (N-methyl/N-ethyl adjacent to an activating group) is 1. The Labute approximate surface area is 178 Å². The lowest BCUT2D eigenvalue weighted by atomic mass is 9.83. The van der Waals surface area contributed by atoms with Gasteiger partial charge in [0.25, 0.3) is 5.91 Å². The standard InChI is InChI=1S/C25H30N2O3/c1-18-9-11-20(12-10-18)22-8-3-5-19(15-22)16-25(24(29)26-2)17-27(13-14-30-25)23(28)21-6-4-7-21/h3,5,8-12,15,21H,4,6-7,13-14,16-17H2,1-2H3,(H,26,29)/t25-/m1/s1. The smallest absolute Gasteiger partial charge is 0.254 e. The van der Waals surface area contributed by atoms with Crippen molar-refractivity contribution in [2.45, 2.75) is 38.2 Å². The van der Waals surface area contributed by atoms with Gasteiger partial charge in [0.1, 0.15) is 0 Å². The Balaban J connectivity index is 1.58. The summed E-state index contributed by atoms with van der Waals surface area (Å²) in [7, 11) is 1.63. The van der Waals surface area contributed by atoms with Crippen LogP contribution in [0.15, 0.2) is 48.5 Å². The van der Waals surface area contributed by atoms with Crippen LogP contribution in [0.1, 0.15) is 30.4 Å². The lowest BCUT2D eigenvalue weighted by Crippen LogP contribution is -2.62. The van der Waals surface area contributed by atoms with Crippen molar-refractivity contribution in [3.63, 3.8) is 0 Å². The van der Waals surface area contributed by atoms with Crippen LogP contribution in [0, 0.1) is 12.8 Å². The molecule has 0 spiro atoms. The van der Waals surface area contributed by atoms with E-state index in [1.165, 1.54) is 5.56 Å². The molecule has 0 bridgehead atoms. The fourth-order valence-electron chi connectivity index (χ4n) is 4.37. The molecule has 1 saturated carbocycles. The number of carbonyl (C=O) groups is 2. The van der Waals surface area contributed by atoms with Crippen molar-refractivity contribution in [3.05, 3.63) is 59.7 Å². The largest absolute Gasteiger partial charge is 0.361 e. The van der Waals surface area contributed by atoms with Crippen molar-refractivity contribution >= 4 is 11.8 Å². The zero-order chi connectivity index (χ0) is 21.1. The molecule has 2 amide bonds. The van der Waals surface area contributed by atoms with Crippen LogP contribution in [0.4, 0.5) is 0 Å². The minimum atomic E-state index is -1.06. The van der Waals surface area contributed by atoms with Gasteiger partial charge in [-0.3, -0.25) is 9.59 Å². The molecule has 2 fully saturated rings. The highest BCUT2D eigenvalue weighted by Crippen LogP contribution is 2.32. The monoisotopic (exact) mass is 406 g/mol. The van der Waals surface area contributed by atoms with Crippen LogP contribution in [0.5, 0.6) is 0 Å². The van der Waals surface area contributed by atoms with Gasteiger partial charge in [-0.1, -0.05) is 60.5 Å². The minimum Gasteiger partial charge on any atom is -0.361 e. The van der Waals surface area contributed by atoms with Crippen LogP contribution >= 0.6 is 0 Å². The zero-order valence-corrected chi connectivity index (χ0v) is 17.8. The van der Waals surface area contributed by atoms with E-state index in [0.29, 0.717) is 26.1 Å². The van der Waals surface area contributed by atoms with Crippen LogP contribution in [-0.4, -0.2) is 49.1 Å². The summed E-state index contributed by atoms with van der Waals surface area (Å²) in [4.78, 5) is 27.6. The van der Waals surface area contributed by atoms with Crippen molar-refractivity contribution in [2.75, 3.05) is 26.7 Å². The Morgan fingerprint density at radius 1 is 1.13 bits per heavy atom. The van der Waals surface area contributed by atoms with Crippen molar-refractivity contribution in [1.82, 2.24) is 10.2 Å². The van der Waals surface area contributed by atoms with Crippen molar-refractivity contribution in [3.8, 4) is 11.1 Å². The van der Waals surface area contributed by atoms with E-state index >= 15 is 0 Å². The molecule has 30 heavy (non-hydrogen) atoms. The predicted molar refractivity (Wildman–Crippen MR) is 117 cm³/mol. The SMILES string of the molecule is CNC(=O)[C@@]1(Cc2cccc(-c3ccc(C)cc3)c2)CN(C(=O)C2CCC2)CCO1. The van der Waals surface area contributed by atoms with Crippen LogP contribution in [-0.2, 0) is 20.7 Å². The lowest BCUT2D eigenvalue weighted by Gasteiger charge is -2.43. The van der Waals surface area contributed by atoms with Crippen molar-refractivity contribution < 1.29 is 14.3 Å². The summed E-state index contributed by atoms with van der Waals surface area (Å²) in [6, 6.07) is 16.7. The number of carbonyl (C=O) groups excluding carboxylic acids is 2. The summed E-state index contributed by atoms with van der Waals surface area (Å²) in [6.45, 7) is 3.31. The number of nitrogens with zero attached hydrogens (tertiary/aromatic N) is 1. The molecule has 0 radical (unpaired) electrons. The molecule has 2 aromatic rings. The topological polar surface area (TPSA) is 58.6 Å². The van der Waals surface area contributed by atoms with E-state index in [9.17, 15) is 9.59 Å². The first-order valence-corrected chi connectivity index (χ1v) is 10.8. The predicted octanol–water partition coefficient (Wildman–Crippen LogP) is 3.35. The molecule has 2 aliphatic rings. The van der Waals surface area contributed by atoms with E-state index in [1.54, 1.807) is 7.05 Å². The first kappa shape index (κ1) is 20.6. The number of nitrogens with one attached hydrogen (secondary N) is 1. The van der Waals surface area contributed by atoms with Crippen LogP contribution in [0.2, 0.25) is 0 Å². The molecule has 1 N–H and O–H groups in total. The average Bonchev–Trinajstić information content (AvgIpc) is 2.72. The second-order valence-corrected chi connectivity index (χ2v) is 8.55. The number of amides is 2. The first-order chi connectivity index (χ1) is 14.5. The van der Waals surface area contributed by atoms with Crippen LogP contribution in [0.25, 0.3) is 11.1 Å². The zero-order valence-electron chi connectivity index (χ0n) is 17.8. The van der Waals surface area contributed by atoms with E-state index in [-0.39, 0.29) is 17.7 Å². The van der Waals surface area contributed by atoms with E-state index in [4.69, 9.17) is 4.74 Å². The Morgan fingerprint density at radius 3 is 2.57 bits per heavy atom. The molecular weight excluding hydrogens is 376 g/mol. The van der Waals surface area contributed by atoms with E-state index in [1.807, 2.05) is 17.0 Å². The number of hydrogen-bond acceptors (Lipinski definition) is 3. The van der Waals surface area contributed by atoms with E-state index in [2.05, 4.69) is 48.6 Å². The summed E-state index contributed by atoms with van der Waals surface area (Å²) >= 11 is 0. The maximum atomic E-state index is 12.9. The van der Waals surface area contributed by atoms with E-state index in [0.717, 1.165) is 36.0 Å². The summed E-state index contributed by atoms with van der Waals surface area (Å²) in [5.74, 6) is 0.121. The Morgan fingerprint density at radius 2 is 1.90 bits per heavy atom. The number of morpholine rings is 1. The van der Waals surface area contributed by atoms with Gasteiger partial charge in [0.05, 0.1) is 13.2 Å². The van der Waals surface area contributed by atoms with Gasteiger partial charge in [-0.25, -0.2) is 0 Å². The van der Waals surface area contributed by atoms with Crippen LogP contribution in [0.3, 0.4) is 0 Å². The molecule has 0 unspecified atom stereocenters. The van der Waals surface area contributed by atoms with Gasteiger partial charge in [0.15, 0.2) is 5.60 Å². The number of hydrogen-bond donors (Lipinski definition) is 1. The fraction of sp³-hybridized carbons (Fsp3) is 0.440. The normalized spacial score (nSPS) is 21.7. The summed E-state index contributed by atoms with van der Waals surface area (Å²) in [5, 5.41) is 2.76. The summed E-state index contributed by atoms with van der Waals surface area (Å²) in [5.41, 5.74) is 3.44. The third kappa shape index (κ3) is 4.12. The van der Waals surface area contributed by atoms with Gasteiger partial charge in [-0.05, 0) is 36.5 Å². The molecule has 1 heterocycles. The number of aryl methyl sites for hydroxylation is 1. The molecule has 0 aromatic heterocycles. The maximum absolute atomic E-state index is 12.9. The maximum Gasteiger partial charge on any atom is 0.254 e.